The van der Waals surface area contributed by atoms with Crippen molar-refractivity contribution in [1.82, 2.24) is 25.2 Å². The number of thioether (sulfide) groups is 1. The van der Waals surface area contributed by atoms with Crippen LogP contribution in [0.1, 0.15) is 10.4 Å². The molecular formula is C20H16Cl2N6O2S2. The minimum atomic E-state index is -0.199. The molecule has 0 radical (unpaired) electrons. The summed E-state index contributed by atoms with van der Waals surface area (Å²) in [5, 5.41) is 16.6. The minimum Gasteiger partial charge on any atom is -0.497 e. The van der Waals surface area contributed by atoms with Gasteiger partial charge in [-0.2, -0.15) is 4.68 Å². The van der Waals surface area contributed by atoms with Crippen LogP contribution >= 0.6 is 46.3 Å². The molecule has 4 aromatic rings. The molecule has 2 aromatic heterocycles. The summed E-state index contributed by atoms with van der Waals surface area (Å²) in [6, 6.07) is 12.8. The number of hydrogen-bond donors (Lipinski definition) is 1. The highest BCUT2D eigenvalue weighted by Crippen LogP contribution is 2.27. The molecule has 12 heteroatoms. The number of benzene rings is 2. The van der Waals surface area contributed by atoms with Gasteiger partial charge in [-0.15, -0.1) is 16.4 Å². The van der Waals surface area contributed by atoms with Crippen LogP contribution in [0.25, 0.3) is 5.69 Å². The molecule has 0 aliphatic rings. The van der Waals surface area contributed by atoms with E-state index in [1.54, 1.807) is 24.1 Å². The molecule has 0 saturated carbocycles. The number of rotatable bonds is 8. The Balaban J connectivity index is 1.33. The summed E-state index contributed by atoms with van der Waals surface area (Å²) >= 11 is 14.7. The highest BCUT2D eigenvalue weighted by molar-refractivity contribution is 7.99. The third-order valence-electron chi connectivity index (χ3n) is 4.25. The molecule has 2 heterocycles. The Labute approximate surface area is 201 Å². The summed E-state index contributed by atoms with van der Waals surface area (Å²) in [5.41, 5.74) is 1.78. The molecule has 0 saturated heterocycles. The average Bonchev–Trinajstić information content (AvgIpc) is 3.44. The van der Waals surface area contributed by atoms with Gasteiger partial charge in [-0.3, -0.25) is 4.79 Å². The van der Waals surface area contributed by atoms with E-state index in [0.717, 1.165) is 21.9 Å². The largest absolute Gasteiger partial charge is 0.497 e. The van der Waals surface area contributed by atoms with Crippen molar-refractivity contribution < 1.29 is 9.53 Å². The van der Waals surface area contributed by atoms with E-state index in [1.807, 2.05) is 36.4 Å². The third-order valence-corrected chi connectivity index (χ3v) is 6.82. The highest BCUT2D eigenvalue weighted by Gasteiger charge is 2.13. The first kappa shape index (κ1) is 22.5. The average molecular weight is 507 g/mol. The summed E-state index contributed by atoms with van der Waals surface area (Å²) in [6.45, 7) is 0. The number of thiazole rings is 1. The Morgan fingerprint density at radius 1 is 1.19 bits per heavy atom. The number of anilines is 1. The number of tetrazole rings is 1. The fourth-order valence-corrected chi connectivity index (χ4v) is 4.61. The van der Waals surface area contributed by atoms with Crippen LogP contribution in [0.3, 0.4) is 0 Å². The molecule has 0 fully saturated rings. The van der Waals surface area contributed by atoms with E-state index in [9.17, 15) is 4.79 Å². The van der Waals surface area contributed by atoms with E-state index in [-0.39, 0.29) is 11.7 Å². The zero-order valence-electron chi connectivity index (χ0n) is 16.7. The number of aromatic nitrogens is 5. The topological polar surface area (TPSA) is 94.8 Å². The molecule has 1 N–H and O–H groups in total. The molecular weight excluding hydrogens is 491 g/mol. The first-order valence-corrected chi connectivity index (χ1v) is 11.8. The van der Waals surface area contributed by atoms with E-state index >= 15 is 0 Å². The van der Waals surface area contributed by atoms with Crippen LogP contribution in [-0.4, -0.2) is 44.0 Å². The Morgan fingerprint density at radius 3 is 2.75 bits per heavy atom. The van der Waals surface area contributed by atoms with E-state index in [1.165, 1.54) is 23.1 Å². The number of carbonyl (C=O) groups excluding carboxylic acids is 1. The van der Waals surface area contributed by atoms with Crippen molar-refractivity contribution in [2.45, 2.75) is 11.6 Å². The van der Waals surface area contributed by atoms with E-state index in [0.29, 0.717) is 26.8 Å². The standard InChI is InChI=1S/C20H16Cl2N6O2S2/c1-30-14-5-3-13(4-6-14)28-20(25-26-27-28)31-11-18(29)24-19-23-10-15(32-19)8-12-2-7-16(21)17(22)9-12/h2-7,9-10H,8,11H2,1H3,(H,23,24,29). The lowest BCUT2D eigenvalue weighted by Gasteiger charge is -2.05. The molecule has 0 spiro atoms. The van der Waals surface area contributed by atoms with Crippen molar-refractivity contribution in [3.05, 3.63) is 69.1 Å². The zero-order valence-corrected chi connectivity index (χ0v) is 19.8. The number of nitrogens with one attached hydrogen (secondary N) is 1. The van der Waals surface area contributed by atoms with Crippen molar-refractivity contribution in [3.63, 3.8) is 0 Å². The molecule has 4 rings (SSSR count). The number of nitrogens with zero attached hydrogens (tertiary/aromatic N) is 5. The second-order valence-corrected chi connectivity index (χ2v) is 9.34. The first-order valence-electron chi connectivity index (χ1n) is 9.26. The van der Waals surface area contributed by atoms with Crippen molar-refractivity contribution in [2.24, 2.45) is 0 Å². The molecule has 0 atom stereocenters. The van der Waals surface area contributed by atoms with Crippen LogP contribution in [0, 0.1) is 0 Å². The van der Waals surface area contributed by atoms with Gasteiger partial charge in [0.05, 0.1) is 28.6 Å². The van der Waals surface area contributed by atoms with Gasteiger partial charge in [0.2, 0.25) is 11.1 Å². The molecule has 2 aromatic carbocycles. The van der Waals surface area contributed by atoms with Crippen LogP contribution in [-0.2, 0) is 11.2 Å². The lowest BCUT2D eigenvalue weighted by atomic mass is 10.1. The maximum Gasteiger partial charge on any atom is 0.236 e. The van der Waals surface area contributed by atoms with Crippen molar-refractivity contribution in [2.75, 3.05) is 18.2 Å². The third kappa shape index (κ3) is 5.57. The van der Waals surface area contributed by atoms with Gasteiger partial charge in [0.1, 0.15) is 5.75 Å². The Morgan fingerprint density at radius 2 is 2.00 bits per heavy atom. The number of methoxy groups -OCH3 is 1. The van der Waals surface area contributed by atoms with Gasteiger partial charge < -0.3 is 10.1 Å². The monoisotopic (exact) mass is 506 g/mol. The highest BCUT2D eigenvalue weighted by atomic mass is 35.5. The Bertz CT molecular complexity index is 1230. The molecule has 1 amide bonds. The lowest BCUT2D eigenvalue weighted by molar-refractivity contribution is -0.113. The van der Waals surface area contributed by atoms with Gasteiger partial charge in [0.15, 0.2) is 5.13 Å². The molecule has 0 unspecified atom stereocenters. The zero-order chi connectivity index (χ0) is 22.5. The molecule has 0 aliphatic heterocycles. The number of ether oxygens (including phenoxy) is 1. The summed E-state index contributed by atoms with van der Waals surface area (Å²) in [5.74, 6) is 0.671. The summed E-state index contributed by atoms with van der Waals surface area (Å²) < 4.78 is 6.73. The van der Waals surface area contributed by atoms with Gasteiger partial charge in [0, 0.05) is 17.5 Å². The maximum absolute atomic E-state index is 12.4. The van der Waals surface area contributed by atoms with Crippen LogP contribution in [0.5, 0.6) is 5.75 Å². The van der Waals surface area contributed by atoms with Gasteiger partial charge in [0.25, 0.3) is 0 Å². The van der Waals surface area contributed by atoms with E-state index < -0.39 is 0 Å². The summed E-state index contributed by atoms with van der Waals surface area (Å²) in [6.07, 6.45) is 2.38. The van der Waals surface area contributed by atoms with E-state index in [2.05, 4.69) is 25.8 Å². The summed E-state index contributed by atoms with van der Waals surface area (Å²) in [4.78, 5) is 17.7. The number of amides is 1. The molecule has 0 bridgehead atoms. The number of halogens is 2. The second kappa shape index (κ2) is 10.3. The normalized spacial score (nSPS) is 10.8. The predicted octanol–water partition coefficient (Wildman–Crippen LogP) is 4.76. The summed E-state index contributed by atoms with van der Waals surface area (Å²) in [7, 11) is 1.60. The van der Waals surface area contributed by atoms with Crippen molar-refractivity contribution >= 4 is 57.3 Å². The first-order chi connectivity index (χ1) is 15.5. The Kier molecular flexibility index (Phi) is 7.26. The molecule has 164 valence electrons. The van der Waals surface area contributed by atoms with E-state index in [4.69, 9.17) is 27.9 Å². The number of hydrogen-bond acceptors (Lipinski definition) is 8. The fraction of sp³-hybridized carbons (Fsp3) is 0.150. The quantitative estimate of drug-likeness (QED) is 0.344. The molecule has 8 nitrogen and oxygen atoms in total. The van der Waals surface area contributed by atoms with Crippen LogP contribution in [0.4, 0.5) is 5.13 Å². The van der Waals surface area contributed by atoms with Gasteiger partial charge >= 0.3 is 0 Å². The minimum absolute atomic E-state index is 0.137. The van der Waals surface area contributed by atoms with Crippen LogP contribution in [0.15, 0.2) is 53.8 Å². The van der Waals surface area contributed by atoms with Crippen LogP contribution in [0.2, 0.25) is 10.0 Å². The predicted molar refractivity (Wildman–Crippen MR) is 126 cm³/mol. The second-order valence-electron chi connectivity index (χ2n) is 6.47. The fourth-order valence-electron chi connectivity index (χ4n) is 2.74. The number of carbonyl (C=O) groups is 1. The van der Waals surface area contributed by atoms with Crippen molar-refractivity contribution in [1.29, 1.82) is 0 Å². The SMILES string of the molecule is COc1ccc(-n2nnnc2SCC(=O)Nc2ncc(Cc3ccc(Cl)c(Cl)c3)s2)cc1. The maximum atomic E-state index is 12.4. The molecule has 0 aliphatic carbocycles. The smallest absolute Gasteiger partial charge is 0.236 e. The van der Waals surface area contributed by atoms with Crippen LogP contribution < -0.4 is 10.1 Å². The molecule has 32 heavy (non-hydrogen) atoms. The van der Waals surface area contributed by atoms with Gasteiger partial charge in [-0.1, -0.05) is 41.0 Å². The van der Waals surface area contributed by atoms with Gasteiger partial charge in [-0.25, -0.2) is 4.98 Å². The van der Waals surface area contributed by atoms with Crippen molar-refractivity contribution in [3.8, 4) is 11.4 Å². The van der Waals surface area contributed by atoms with Gasteiger partial charge in [-0.05, 0) is 52.4 Å². The lowest BCUT2D eigenvalue weighted by Crippen LogP contribution is -2.14. The Hall–Kier alpha value is -2.66.